The fourth-order valence-corrected chi connectivity index (χ4v) is 3.54. The van der Waals surface area contributed by atoms with Crippen LogP contribution in [0.5, 0.6) is 0 Å². The Labute approximate surface area is 177 Å². The number of nitrogens with zero attached hydrogens (tertiary/aromatic N) is 1. The summed E-state index contributed by atoms with van der Waals surface area (Å²) >= 11 is 0. The molecule has 1 amide bonds. The van der Waals surface area contributed by atoms with E-state index in [1.54, 1.807) is 52.5 Å². The predicted octanol–water partition coefficient (Wildman–Crippen LogP) is 4.40. The fraction of sp³-hybridized carbons (Fsp3) is 0.609. The predicted molar refractivity (Wildman–Crippen MR) is 111 cm³/mol. The van der Waals surface area contributed by atoms with Crippen LogP contribution in [0.4, 0.5) is 9.18 Å². The second kappa shape index (κ2) is 9.14. The van der Waals surface area contributed by atoms with Crippen molar-refractivity contribution < 1.29 is 28.2 Å². The molecule has 0 aliphatic carbocycles. The number of aldehydes is 1. The molecule has 0 saturated carbocycles. The molecule has 0 bridgehead atoms. The first-order valence-corrected chi connectivity index (χ1v) is 10.2. The molecule has 1 heterocycles. The third-order valence-electron chi connectivity index (χ3n) is 4.73. The molecule has 1 saturated heterocycles. The molecule has 0 spiro atoms. The summed E-state index contributed by atoms with van der Waals surface area (Å²) in [5.74, 6) is -1.65. The lowest BCUT2D eigenvalue weighted by atomic mass is 9.85. The van der Waals surface area contributed by atoms with E-state index in [1.807, 2.05) is 0 Å². The maximum absolute atomic E-state index is 13.9. The molecule has 1 aromatic carbocycles. The van der Waals surface area contributed by atoms with Gasteiger partial charge in [-0.1, -0.05) is 0 Å². The Hall–Kier alpha value is -2.44. The lowest BCUT2D eigenvalue weighted by Crippen LogP contribution is -2.38. The number of halogens is 1. The Bertz CT molecular complexity index is 794. The van der Waals surface area contributed by atoms with Gasteiger partial charge in [-0.2, -0.15) is 0 Å². The summed E-state index contributed by atoms with van der Waals surface area (Å²) in [6.45, 7) is 11.6. The number of carbonyl (C=O) groups is 3. The monoisotopic (exact) mass is 421 g/mol. The summed E-state index contributed by atoms with van der Waals surface area (Å²) in [7, 11) is 0. The Kier molecular flexibility index (Phi) is 7.27. The van der Waals surface area contributed by atoms with E-state index in [0.29, 0.717) is 31.4 Å². The molecule has 1 aliphatic heterocycles. The van der Waals surface area contributed by atoms with Crippen molar-refractivity contribution in [1.29, 1.82) is 0 Å². The number of ether oxygens (including phenoxy) is 2. The van der Waals surface area contributed by atoms with E-state index in [2.05, 4.69) is 0 Å². The van der Waals surface area contributed by atoms with Crippen molar-refractivity contribution in [2.45, 2.75) is 65.6 Å². The van der Waals surface area contributed by atoms with E-state index in [0.717, 1.165) is 6.07 Å². The van der Waals surface area contributed by atoms with Crippen molar-refractivity contribution >= 4 is 18.3 Å². The van der Waals surface area contributed by atoms with Gasteiger partial charge in [0.25, 0.3) is 0 Å². The van der Waals surface area contributed by atoms with Gasteiger partial charge in [-0.05, 0) is 84.1 Å². The Morgan fingerprint density at radius 2 is 1.77 bits per heavy atom. The topological polar surface area (TPSA) is 72.9 Å². The molecule has 2 atom stereocenters. The molecule has 30 heavy (non-hydrogen) atoms. The highest BCUT2D eigenvalue weighted by Crippen LogP contribution is 2.31. The molecule has 166 valence electrons. The molecule has 1 aromatic rings. The molecular formula is C23H32FNO5. The van der Waals surface area contributed by atoms with Crippen LogP contribution in [-0.2, 0) is 20.7 Å². The molecule has 0 radical (unpaired) electrons. The highest BCUT2D eigenvalue weighted by Gasteiger charge is 2.39. The SMILES string of the molecule is CC(C)(C)OC(=O)C(Cc1cc(F)cc(C=O)c1)C1CCN(C(=O)OC(C)(C)C)C1. The van der Waals surface area contributed by atoms with Gasteiger partial charge in [0.05, 0.1) is 5.92 Å². The first-order chi connectivity index (χ1) is 13.8. The summed E-state index contributed by atoms with van der Waals surface area (Å²) in [6, 6.07) is 4.05. The van der Waals surface area contributed by atoms with E-state index in [4.69, 9.17) is 9.47 Å². The smallest absolute Gasteiger partial charge is 0.410 e. The quantitative estimate of drug-likeness (QED) is 0.521. The van der Waals surface area contributed by atoms with Crippen LogP contribution in [0.1, 0.15) is 63.9 Å². The summed E-state index contributed by atoms with van der Waals surface area (Å²) < 4.78 is 24.9. The summed E-state index contributed by atoms with van der Waals surface area (Å²) in [5.41, 5.74) is -0.514. The van der Waals surface area contributed by atoms with Gasteiger partial charge < -0.3 is 14.4 Å². The van der Waals surface area contributed by atoms with Crippen LogP contribution in [0.25, 0.3) is 0 Å². The van der Waals surface area contributed by atoms with Crippen LogP contribution in [-0.4, -0.2) is 47.5 Å². The van der Waals surface area contributed by atoms with Crippen molar-refractivity contribution in [2.75, 3.05) is 13.1 Å². The minimum Gasteiger partial charge on any atom is -0.460 e. The van der Waals surface area contributed by atoms with Gasteiger partial charge in [0.1, 0.15) is 23.3 Å². The highest BCUT2D eigenvalue weighted by atomic mass is 19.1. The standard InChI is InChI=1S/C23H32FNO5/c1-22(2,3)29-20(27)19(12-15-9-16(14-26)11-18(24)10-15)17-7-8-25(13-17)21(28)30-23(4,5)6/h9-11,14,17,19H,7-8,12-13H2,1-6H3. The van der Waals surface area contributed by atoms with Gasteiger partial charge in [-0.3, -0.25) is 9.59 Å². The zero-order valence-electron chi connectivity index (χ0n) is 18.7. The molecule has 0 N–H and O–H groups in total. The molecule has 7 heteroatoms. The van der Waals surface area contributed by atoms with Crippen molar-refractivity contribution in [3.8, 4) is 0 Å². The summed E-state index contributed by atoms with van der Waals surface area (Å²) in [4.78, 5) is 38.1. The van der Waals surface area contributed by atoms with E-state index < -0.39 is 35.0 Å². The van der Waals surface area contributed by atoms with Crippen molar-refractivity contribution in [1.82, 2.24) is 4.90 Å². The first-order valence-electron chi connectivity index (χ1n) is 10.2. The number of rotatable bonds is 5. The van der Waals surface area contributed by atoms with E-state index in [-0.39, 0.29) is 17.9 Å². The Morgan fingerprint density at radius 3 is 2.33 bits per heavy atom. The van der Waals surface area contributed by atoms with Crippen LogP contribution in [0, 0.1) is 17.7 Å². The minimum absolute atomic E-state index is 0.157. The average Bonchev–Trinajstić information content (AvgIpc) is 3.06. The van der Waals surface area contributed by atoms with Gasteiger partial charge in [0, 0.05) is 18.7 Å². The summed E-state index contributed by atoms with van der Waals surface area (Å²) in [5, 5.41) is 0. The number of benzene rings is 1. The number of likely N-dealkylation sites (tertiary alicyclic amines) is 1. The second-order valence-electron chi connectivity index (χ2n) is 9.83. The average molecular weight is 422 g/mol. The highest BCUT2D eigenvalue weighted by molar-refractivity contribution is 5.76. The number of esters is 1. The molecule has 1 aliphatic rings. The van der Waals surface area contributed by atoms with Gasteiger partial charge in [-0.25, -0.2) is 9.18 Å². The normalized spacial score (nSPS) is 18.1. The maximum Gasteiger partial charge on any atom is 0.410 e. The maximum atomic E-state index is 13.9. The molecule has 2 unspecified atom stereocenters. The van der Waals surface area contributed by atoms with Gasteiger partial charge >= 0.3 is 12.1 Å². The van der Waals surface area contributed by atoms with Crippen LogP contribution in [0.15, 0.2) is 18.2 Å². The number of hydrogen-bond acceptors (Lipinski definition) is 5. The second-order valence-corrected chi connectivity index (χ2v) is 9.83. The third kappa shape index (κ3) is 7.11. The summed E-state index contributed by atoms with van der Waals surface area (Å²) in [6.07, 6.45) is 0.996. The van der Waals surface area contributed by atoms with Crippen LogP contribution in [0.3, 0.4) is 0 Å². The van der Waals surface area contributed by atoms with E-state index in [1.165, 1.54) is 6.07 Å². The number of carbonyl (C=O) groups excluding carboxylic acids is 3. The van der Waals surface area contributed by atoms with Crippen LogP contribution >= 0.6 is 0 Å². The Balaban J connectivity index is 2.22. The van der Waals surface area contributed by atoms with Crippen LogP contribution in [0.2, 0.25) is 0 Å². The third-order valence-corrected chi connectivity index (χ3v) is 4.73. The molecular weight excluding hydrogens is 389 g/mol. The lowest BCUT2D eigenvalue weighted by molar-refractivity contribution is -0.162. The first kappa shape index (κ1) is 23.8. The molecule has 1 fully saturated rings. The minimum atomic E-state index is -0.672. The largest absolute Gasteiger partial charge is 0.460 e. The zero-order chi connectivity index (χ0) is 22.7. The number of hydrogen-bond donors (Lipinski definition) is 0. The van der Waals surface area contributed by atoms with Gasteiger partial charge in [0.2, 0.25) is 0 Å². The fourth-order valence-electron chi connectivity index (χ4n) is 3.54. The van der Waals surface area contributed by atoms with Crippen molar-refractivity contribution in [3.05, 3.63) is 35.1 Å². The molecule has 2 rings (SSSR count). The van der Waals surface area contributed by atoms with Gasteiger partial charge in [-0.15, -0.1) is 0 Å². The molecule has 0 aromatic heterocycles. The van der Waals surface area contributed by atoms with E-state index in [9.17, 15) is 18.8 Å². The van der Waals surface area contributed by atoms with Crippen LogP contribution < -0.4 is 0 Å². The Morgan fingerprint density at radius 1 is 1.13 bits per heavy atom. The van der Waals surface area contributed by atoms with Gasteiger partial charge in [0.15, 0.2) is 0 Å². The molecule has 6 nitrogen and oxygen atoms in total. The van der Waals surface area contributed by atoms with E-state index >= 15 is 0 Å². The zero-order valence-corrected chi connectivity index (χ0v) is 18.7. The van der Waals surface area contributed by atoms with Crippen molar-refractivity contribution in [2.24, 2.45) is 11.8 Å². The lowest BCUT2D eigenvalue weighted by Gasteiger charge is -2.28. The van der Waals surface area contributed by atoms with Crippen molar-refractivity contribution in [3.63, 3.8) is 0 Å². The number of amides is 1.